The number of halogens is 1. The van der Waals surface area contributed by atoms with Crippen LogP contribution in [0, 0.1) is 5.82 Å². The van der Waals surface area contributed by atoms with Gasteiger partial charge in [-0.25, -0.2) is 4.39 Å². The second-order valence-electron chi connectivity index (χ2n) is 4.27. The third-order valence-corrected chi connectivity index (χ3v) is 1.89. The minimum atomic E-state index is -0.515. The van der Waals surface area contributed by atoms with Gasteiger partial charge in [0, 0.05) is 6.07 Å². The van der Waals surface area contributed by atoms with Crippen LogP contribution in [0.25, 0.3) is 0 Å². The molecule has 0 aliphatic rings. The summed E-state index contributed by atoms with van der Waals surface area (Å²) in [4.78, 5) is 10.9. The van der Waals surface area contributed by atoms with Crippen LogP contribution in [0.4, 0.5) is 4.39 Å². The molecule has 0 N–H and O–H groups in total. The molecule has 0 bridgehead atoms. The van der Waals surface area contributed by atoms with Crippen LogP contribution < -0.4 is 9.47 Å². The summed E-state index contributed by atoms with van der Waals surface area (Å²) in [5, 5.41) is 0. The maximum Gasteiger partial charge on any atom is 0.172 e. The highest BCUT2D eigenvalue weighted by molar-refractivity contribution is 5.81. The molecule has 0 atom stereocenters. The van der Waals surface area contributed by atoms with Gasteiger partial charge in [-0.1, -0.05) is 0 Å². The summed E-state index contributed by atoms with van der Waals surface area (Å²) in [6.07, 6.45) is 0.327. The summed E-state index contributed by atoms with van der Waals surface area (Å²) < 4.78 is 24.2. The zero-order chi connectivity index (χ0) is 13.0. The summed E-state index contributed by atoms with van der Waals surface area (Å²) in [5.74, 6) is 0.0414. The highest BCUT2D eigenvalue weighted by Gasteiger charge is 2.16. The van der Waals surface area contributed by atoms with Crippen LogP contribution in [0.1, 0.15) is 38.1 Å². The van der Waals surface area contributed by atoms with Crippen molar-refractivity contribution < 1.29 is 18.7 Å². The Morgan fingerprint density at radius 2 is 1.71 bits per heavy atom. The molecule has 1 rings (SSSR count). The molecule has 1 aromatic rings. The van der Waals surface area contributed by atoms with Crippen molar-refractivity contribution in [2.24, 2.45) is 0 Å². The fraction of sp³-hybridized carbons (Fsp3) is 0.462. The van der Waals surface area contributed by atoms with E-state index in [4.69, 9.17) is 9.47 Å². The van der Waals surface area contributed by atoms with Crippen LogP contribution in [0.2, 0.25) is 0 Å². The normalized spacial score (nSPS) is 10.8. The Hall–Kier alpha value is -1.58. The van der Waals surface area contributed by atoms with E-state index in [2.05, 4.69) is 0 Å². The van der Waals surface area contributed by atoms with Crippen molar-refractivity contribution in [1.29, 1.82) is 0 Å². The Labute approximate surface area is 101 Å². The van der Waals surface area contributed by atoms with E-state index in [0.29, 0.717) is 12.0 Å². The number of carbonyl (C=O) groups excluding carboxylic acids is 1. The summed E-state index contributed by atoms with van der Waals surface area (Å²) in [6.45, 7) is 7.31. The molecule has 0 amide bonds. The van der Waals surface area contributed by atoms with Gasteiger partial charge >= 0.3 is 0 Å². The number of carbonyl (C=O) groups is 1. The fourth-order valence-corrected chi connectivity index (χ4v) is 1.38. The lowest BCUT2D eigenvalue weighted by atomic mass is 10.2. The van der Waals surface area contributed by atoms with Gasteiger partial charge in [0.15, 0.2) is 17.8 Å². The molecule has 0 fully saturated rings. The molecular formula is C13H17FO3. The minimum Gasteiger partial charge on any atom is -0.487 e. The first-order valence-electron chi connectivity index (χ1n) is 5.56. The van der Waals surface area contributed by atoms with Gasteiger partial charge in [-0.3, -0.25) is 4.79 Å². The lowest BCUT2D eigenvalue weighted by molar-refractivity contribution is 0.111. The van der Waals surface area contributed by atoms with Crippen molar-refractivity contribution in [2.75, 3.05) is 0 Å². The number of aldehydes is 1. The topological polar surface area (TPSA) is 35.5 Å². The molecule has 0 aliphatic heterocycles. The van der Waals surface area contributed by atoms with Gasteiger partial charge in [0.1, 0.15) is 5.82 Å². The van der Waals surface area contributed by atoms with Crippen LogP contribution >= 0.6 is 0 Å². The van der Waals surface area contributed by atoms with E-state index in [1.54, 1.807) is 0 Å². The van der Waals surface area contributed by atoms with Crippen molar-refractivity contribution in [2.45, 2.75) is 39.9 Å². The predicted octanol–water partition coefficient (Wildman–Crippen LogP) is 3.21. The van der Waals surface area contributed by atoms with E-state index in [9.17, 15) is 9.18 Å². The molecule has 0 saturated heterocycles. The average Bonchev–Trinajstić information content (AvgIpc) is 2.20. The Morgan fingerprint density at radius 1 is 1.12 bits per heavy atom. The largest absolute Gasteiger partial charge is 0.487 e. The summed E-state index contributed by atoms with van der Waals surface area (Å²) in [5.41, 5.74) is 0.161. The molecule has 0 aliphatic carbocycles. The number of benzene rings is 1. The maximum atomic E-state index is 13.3. The summed E-state index contributed by atoms with van der Waals surface area (Å²) in [7, 11) is 0. The molecule has 0 radical (unpaired) electrons. The van der Waals surface area contributed by atoms with Gasteiger partial charge in [0.2, 0.25) is 0 Å². The Balaban J connectivity index is 3.22. The van der Waals surface area contributed by atoms with Gasteiger partial charge in [0.25, 0.3) is 0 Å². The molecular weight excluding hydrogens is 223 g/mol. The van der Waals surface area contributed by atoms with Crippen molar-refractivity contribution in [3.8, 4) is 11.5 Å². The van der Waals surface area contributed by atoms with Gasteiger partial charge in [0.05, 0.1) is 17.8 Å². The highest BCUT2D eigenvalue weighted by atomic mass is 19.1. The molecule has 0 spiro atoms. The zero-order valence-electron chi connectivity index (χ0n) is 10.5. The molecule has 0 heterocycles. The molecule has 0 saturated carbocycles. The zero-order valence-corrected chi connectivity index (χ0v) is 10.5. The van der Waals surface area contributed by atoms with Crippen LogP contribution in [0.15, 0.2) is 12.1 Å². The van der Waals surface area contributed by atoms with Crippen molar-refractivity contribution >= 4 is 6.29 Å². The monoisotopic (exact) mass is 240 g/mol. The van der Waals surface area contributed by atoms with Crippen LogP contribution in [0.3, 0.4) is 0 Å². The quantitative estimate of drug-likeness (QED) is 0.741. The molecule has 0 aromatic heterocycles. The Kier molecular flexibility index (Phi) is 4.49. The fourth-order valence-electron chi connectivity index (χ4n) is 1.38. The molecule has 94 valence electrons. The molecule has 0 unspecified atom stereocenters. The second kappa shape index (κ2) is 5.66. The lowest BCUT2D eigenvalue weighted by Gasteiger charge is -2.18. The van der Waals surface area contributed by atoms with Crippen molar-refractivity contribution in [3.63, 3.8) is 0 Å². The number of hydrogen-bond donors (Lipinski definition) is 0. The van der Waals surface area contributed by atoms with Gasteiger partial charge in [-0.05, 0) is 33.8 Å². The average molecular weight is 240 g/mol. The number of rotatable bonds is 5. The van der Waals surface area contributed by atoms with Crippen molar-refractivity contribution in [3.05, 3.63) is 23.5 Å². The van der Waals surface area contributed by atoms with E-state index in [-0.39, 0.29) is 23.5 Å². The van der Waals surface area contributed by atoms with E-state index >= 15 is 0 Å². The Morgan fingerprint density at radius 3 is 2.18 bits per heavy atom. The van der Waals surface area contributed by atoms with E-state index < -0.39 is 5.82 Å². The van der Waals surface area contributed by atoms with Crippen LogP contribution in [0.5, 0.6) is 11.5 Å². The lowest BCUT2D eigenvalue weighted by Crippen LogP contribution is -2.12. The van der Waals surface area contributed by atoms with E-state index in [0.717, 1.165) is 6.07 Å². The molecule has 1 aromatic carbocycles. The SMILES string of the molecule is CC(C)Oc1cc(F)cc(C=O)c1OC(C)C. The standard InChI is InChI=1S/C13H17FO3/c1-8(2)16-12-6-11(14)5-10(7-15)13(12)17-9(3)4/h5-9H,1-4H3. The second-order valence-corrected chi connectivity index (χ2v) is 4.27. The van der Waals surface area contributed by atoms with Crippen LogP contribution in [-0.2, 0) is 0 Å². The Bertz CT molecular complexity index is 400. The third kappa shape index (κ3) is 3.73. The minimum absolute atomic E-state index is 0.117. The van der Waals surface area contributed by atoms with E-state index in [1.165, 1.54) is 6.07 Å². The number of ether oxygens (including phenoxy) is 2. The summed E-state index contributed by atoms with van der Waals surface area (Å²) in [6, 6.07) is 2.36. The first kappa shape index (κ1) is 13.5. The first-order chi connectivity index (χ1) is 7.93. The van der Waals surface area contributed by atoms with Gasteiger partial charge in [-0.15, -0.1) is 0 Å². The van der Waals surface area contributed by atoms with Crippen LogP contribution in [-0.4, -0.2) is 18.5 Å². The molecule has 17 heavy (non-hydrogen) atoms. The van der Waals surface area contributed by atoms with Gasteiger partial charge < -0.3 is 9.47 Å². The predicted molar refractivity (Wildman–Crippen MR) is 63.3 cm³/mol. The molecule has 4 heteroatoms. The van der Waals surface area contributed by atoms with Crippen molar-refractivity contribution in [1.82, 2.24) is 0 Å². The summed E-state index contributed by atoms with van der Waals surface area (Å²) >= 11 is 0. The van der Waals surface area contributed by atoms with E-state index in [1.807, 2.05) is 27.7 Å². The third-order valence-electron chi connectivity index (χ3n) is 1.89. The van der Waals surface area contributed by atoms with Gasteiger partial charge in [-0.2, -0.15) is 0 Å². The smallest absolute Gasteiger partial charge is 0.172 e. The molecule has 3 nitrogen and oxygen atoms in total. The maximum absolute atomic E-state index is 13.3. The highest BCUT2D eigenvalue weighted by Crippen LogP contribution is 2.33. The first-order valence-corrected chi connectivity index (χ1v) is 5.56. The number of hydrogen-bond acceptors (Lipinski definition) is 3.